The van der Waals surface area contributed by atoms with Gasteiger partial charge in [-0.15, -0.1) is 22.9 Å². The van der Waals surface area contributed by atoms with Gasteiger partial charge in [-0.25, -0.2) is 8.42 Å². The second kappa shape index (κ2) is 5.85. The van der Waals surface area contributed by atoms with Crippen molar-refractivity contribution in [3.8, 4) is 0 Å². The third-order valence-electron chi connectivity index (χ3n) is 2.95. The molecule has 0 aliphatic rings. The Kier molecular flexibility index (Phi) is 4.53. The van der Waals surface area contributed by atoms with Gasteiger partial charge in [0.15, 0.2) is 0 Å². The Morgan fingerprint density at radius 3 is 2.70 bits per heavy atom. The number of halogens is 1. The van der Waals surface area contributed by atoms with Crippen molar-refractivity contribution < 1.29 is 8.42 Å². The molecule has 2 heterocycles. The first-order chi connectivity index (χ1) is 9.34. The number of alkyl halides is 1. The lowest BCUT2D eigenvalue weighted by molar-refractivity contribution is 0.468. The highest BCUT2D eigenvalue weighted by Crippen LogP contribution is 2.29. The maximum atomic E-state index is 12.5. The lowest BCUT2D eigenvalue weighted by Crippen LogP contribution is -2.25. The van der Waals surface area contributed by atoms with E-state index in [0.717, 1.165) is 16.0 Å². The van der Waals surface area contributed by atoms with E-state index in [1.807, 2.05) is 6.92 Å². The maximum absolute atomic E-state index is 12.5. The number of sulfonamides is 1. The van der Waals surface area contributed by atoms with E-state index in [2.05, 4.69) is 5.10 Å². The third-order valence-corrected chi connectivity index (χ3v) is 6.86. The van der Waals surface area contributed by atoms with E-state index in [0.29, 0.717) is 16.6 Å². The van der Waals surface area contributed by atoms with Crippen LogP contribution >= 0.6 is 22.9 Å². The largest absolute Gasteiger partial charge is 0.275 e. The fourth-order valence-electron chi connectivity index (χ4n) is 1.80. The highest BCUT2D eigenvalue weighted by molar-refractivity contribution is 7.91. The average Bonchev–Trinajstić information content (AvgIpc) is 2.95. The van der Waals surface area contributed by atoms with Crippen LogP contribution in [-0.2, 0) is 29.5 Å². The summed E-state index contributed by atoms with van der Waals surface area (Å²) < 4.78 is 28.3. The van der Waals surface area contributed by atoms with Gasteiger partial charge in [0.2, 0.25) is 0 Å². The zero-order valence-corrected chi connectivity index (χ0v) is 13.9. The third kappa shape index (κ3) is 3.06. The summed E-state index contributed by atoms with van der Waals surface area (Å²) in [4.78, 5) is 0.889. The van der Waals surface area contributed by atoms with Crippen molar-refractivity contribution in [1.82, 2.24) is 14.1 Å². The standard InChI is InChI=1S/C12H16ClN3O2S2/c1-9-4-12(19-11(9)5-13)20(17,18)16(3)8-10-6-14-15(2)7-10/h4,6-7H,5,8H2,1-3H3. The topological polar surface area (TPSA) is 55.2 Å². The Labute approximate surface area is 127 Å². The number of thiophene rings is 1. The van der Waals surface area contributed by atoms with Crippen LogP contribution in [0.4, 0.5) is 0 Å². The Hall–Kier alpha value is -0.890. The average molecular weight is 334 g/mol. The van der Waals surface area contributed by atoms with Crippen LogP contribution < -0.4 is 0 Å². The molecule has 0 aliphatic carbocycles. The van der Waals surface area contributed by atoms with Crippen molar-refractivity contribution in [3.63, 3.8) is 0 Å². The molecule has 0 fully saturated rings. The van der Waals surface area contributed by atoms with Crippen LogP contribution in [0.2, 0.25) is 0 Å². The van der Waals surface area contributed by atoms with Gasteiger partial charge in [0.25, 0.3) is 10.0 Å². The fraction of sp³-hybridized carbons (Fsp3) is 0.417. The molecule has 0 saturated heterocycles. The molecule has 0 bridgehead atoms. The molecule has 0 atom stereocenters. The summed E-state index contributed by atoms with van der Waals surface area (Å²) in [5.41, 5.74) is 1.77. The van der Waals surface area contributed by atoms with E-state index in [1.165, 1.54) is 15.6 Å². The van der Waals surface area contributed by atoms with Crippen molar-refractivity contribution in [3.05, 3.63) is 34.5 Å². The van der Waals surface area contributed by atoms with Crippen molar-refractivity contribution in [2.45, 2.75) is 23.6 Å². The molecule has 2 aromatic rings. The molecule has 0 aromatic carbocycles. The summed E-state index contributed by atoms with van der Waals surface area (Å²) in [6.07, 6.45) is 3.46. The SMILES string of the molecule is Cc1cc(S(=O)(=O)N(C)Cc2cnn(C)c2)sc1CCl. The summed E-state index contributed by atoms with van der Waals surface area (Å²) in [7, 11) is -0.117. The van der Waals surface area contributed by atoms with Crippen LogP contribution in [0, 0.1) is 6.92 Å². The van der Waals surface area contributed by atoms with Crippen LogP contribution in [0.1, 0.15) is 16.0 Å². The summed E-state index contributed by atoms with van der Waals surface area (Å²) in [5, 5.41) is 4.04. The van der Waals surface area contributed by atoms with Crippen molar-refractivity contribution >= 4 is 33.0 Å². The predicted octanol–water partition coefficient (Wildman–Crippen LogP) is 2.35. The highest BCUT2D eigenvalue weighted by Gasteiger charge is 2.24. The second-order valence-corrected chi connectivity index (χ2v) is 8.26. The summed E-state index contributed by atoms with van der Waals surface area (Å²) in [6, 6.07) is 1.68. The van der Waals surface area contributed by atoms with Gasteiger partial charge in [0.05, 0.1) is 12.1 Å². The maximum Gasteiger partial charge on any atom is 0.252 e. The van der Waals surface area contributed by atoms with Gasteiger partial charge >= 0.3 is 0 Å². The van der Waals surface area contributed by atoms with Gasteiger partial charge in [-0.2, -0.15) is 9.40 Å². The first-order valence-electron chi connectivity index (χ1n) is 5.93. The van der Waals surface area contributed by atoms with Crippen LogP contribution in [-0.4, -0.2) is 29.6 Å². The lowest BCUT2D eigenvalue weighted by Gasteiger charge is -2.14. The Bertz CT molecular complexity index is 706. The molecule has 0 spiro atoms. The molecular formula is C12H16ClN3O2S2. The van der Waals surface area contributed by atoms with Crippen molar-refractivity contribution in [2.75, 3.05) is 7.05 Å². The first-order valence-corrected chi connectivity index (χ1v) is 8.73. The molecule has 0 N–H and O–H groups in total. The number of hydrogen-bond donors (Lipinski definition) is 0. The molecule has 110 valence electrons. The predicted molar refractivity (Wildman–Crippen MR) is 80.5 cm³/mol. The van der Waals surface area contributed by atoms with Gasteiger partial charge < -0.3 is 0 Å². The van der Waals surface area contributed by atoms with E-state index in [9.17, 15) is 8.42 Å². The van der Waals surface area contributed by atoms with E-state index >= 15 is 0 Å². The van der Waals surface area contributed by atoms with E-state index in [-0.39, 0.29) is 0 Å². The molecule has 0 radical (unpaired) electrons. The molecule has 2 aromatic heterocycles. The summed E-state index contributed by atoms with van der Waals surface area (Å²) >= 11 is 7.03. The zero-order valence-electron chi connectivity index (χ0n) is 11.5. The number of hydrogen-bond acceptors (Lipinski definition) is 4. The minimum absolute atomic E-state index is 0.295. The molecular weight excluding hydrogens is 318 g/mol. The summed E-state index contributed by atoms with van der Waals surface area (Å²) in [5.74, 6) is 0.332. The van der Waals surface area contributed by atoms with E-state index < -0.39 is 10.0 Å². The van der Waals surface area contributed by atoms with Gasteiger partial charge in [0.1, 0.15) is 4.21 Å². The Morgan fingerprint density at radius 2 is 2.20 bits per heavy atom. The van der Waals surface area contributed by atoms with Gasteiger partial charge in [-0.3, -0.25) is 4.68 Å². The van der Waals surface area contributed by atoms with Gasteiger partial charge in [-0.05, 0) is 18.6 Å². The van der Waals surface area contributed by atoms with Crippen molar-refractivity contribution in [2.24, 2.45) is 7.05 Å². The van der Waals surface area contributed by atoms with Gasteiger partial charge in [0, 0.05) is 37.3 Å². The van der Waals surface area contributed by atoms with Crippen LogP contribution in [0.3, 0.4) is 0 Å². The number of nitrogens with zero attached hydrogens (tertiary/aromatic N) is 3. The normalized spacial score (nSPS) is 12.2. The number of aryl methyl sites for hydroxylation is 2. The smallest absolute Gasteiger partial charge is 0.252 e. The van der Waals surface area contributed by atoms with Crippen LogP contribution in [0.25, 0.3) is 0 Å². The first kappa shape index (κ1) is 15.5. The monoisotopic (exact) mass is 333 g/mol. The molecule has 5 nitrogen and oxygen atoms in total. The minimum Gasteiger partial charge on any atom is -0.275 e. The van der Waals surface area contributed by atoms with Crippen LogP contribution in [0.5, 0.6) is 0 Å². The molecule has 8 heteroatoms. The number of rotatable bonds is 5. The number of aromatic nitrogens is 2. The molecule has 0 amide bonds. The highest BCUT2D eigenvalue weighted by atomic mass is 35.5. The molecule has 0 aliphatic heterocycles. The molecule has 0 unspecified atom stereocenters. The minimum atomic E-state index is -3.48. The van der Waals surface area contributed by atoms with E-state index in [1.54, 1.807) is 37.2 Å². The quantitative estimate of drug-likeness (QED) is 0.789. The second-order valence-electron chi connectivity index (χ2n) is 4.59. The summed E-state index contributed by atoms with van der Waals surface area (Å²) in [6.45, 7) is 2.16. The van der Waals surface area contributed by atoms with Gasteiger partial charge in [-0.1, -0.05) is 0 Å². The molecule has 20 heavy (non-hydrogen) atoms. The molecule has 2 rings (SSSR count). The fourth-order valence-corrected chi connectivity index (χ4v) is 4.98. The Morgan fingerprint density at radius 1 is 1.50 bits per heavy atom. The Balaban J connectivity index is 2.24. The van der Waals surface area contributed by atoms with Crippen molar-refractivity contribution in [1.29, 1.82) is 0 Å². The van der Waals surface area contributed by atoms with E-state index in [4.69, 9.17) is 11.6 Å². The zero-order chi connectivity index (χ0) is 14.9. The lowest BCUT2D eigenvalue weighted by atomic mass is 10.3. The van der Waals surface area contributed by atoms with Crippen LogP contribution in [0.15, 0.2) is 22.7 Å². The molecule has 0 saturated carbocycles.